The topological polar surface area (TPSA) is 52.6 Å². The fraction of sp³-hybridized carbons (Fsp3) is 0.316. The minimum absolute atomic E-state index is 0.125. The molecule has 2 N–H and O–H groups in total. The molecule has 6 heteroatoms. The number of phenols is 1. The Kier molecular flexibility index (Phi) is 6.09. The number of carbonyl (C=O) groups is 1. The quantitative estimate of drug-likeness (QED) is 0.842. The van der Waals surface area contributed by atoms with E-state index in [1.54, 1.807) is 0 Å². The number of carbonyl (C=O) groups excluding carboxylic acids is 1. The lowest BCUT2D eigenvalue weighted by atomic mass is 10.0. The Labute approximate surface area is 146 Å². The third-order valence-electron chi connectivity index (χ3n) is 4.11. The molecule has 1 unspecified atom stereocenters. The van der Waals surface area contributed by atoms with Crippen LogP contribution < -0.4 is 5.32 Å². The van der Waals surface area contributed by atoms with Crippen LogP contribution in [0, 0.1) is 11.6 Å². The van der Waals surface area contributed by atoms with Crippen LogP contribution in [0.2, 0.25) is 0 Å². The molecule has 0 fully saturated rings. The SMILES string of the molecule is CCc1ccc(C(CNC(=O)c2c(O)cc(F)cc2F)N(C)C)cc1. The van der Waals surface area contributed by atoms with E-state index in [0.717, 1.165) is 12.0 Å². The number of likely N-dealkylation sites (N-methyl/N-ethyl adjacent to an activating group) is 1. The number of aromatic hydroxyl groups is 1. The Morgan fingerprint density at radius 2 is 1.84 bits per heavy atom. The minimum Gasteiger partial charge on any atom is -0.507 e. The van der Waals surface area contributed by atoms with Gasteiger partial charge >= 0.3 is 0 Å². The number of benzene rings is 2. The number of amides is 1. The molecule has 0 spiro atoms. The first-order valence-corrected chi connectivity index (χ1v) is 8.05. The Hall–Kier alpha value is -2.47. The summed E-state index contributed by atoms with van der Waals surface area (Å²) < 4.78 is 26.8. The van der Waals surface area contributed by atoms with Gasteiger partial charge in [0.05, 0.1) is 6.04 Å². The van der Waals surface area contributed by atoms with Crippen LogP contribution in [-0.4, -0.2) is 36.6 Å². The zero-order valence-corrected chi connectivity index (χ0v) is 14.5. The van der Waals surface area contributed by atoms with Crippen LogP contribution in [0.1, 0.15) is 34.5 Å². The van der Waals surface area contributed by atoms with E-state index in [1.807, 2.05) is 43.3 Å². The molecule has 25 heavy (non-hydrogen) atoms. The Balaban J connectivity index is 2.14. The summed E-state index contributed by atoms with van der Waals surface area (Å²) >= 11 is 0. The highest BCUT2D eigenvalue weighted by Crippen LogP contribution is 2.23. The zero-order chi connectivity index (χ0) is 18.6. The van der Waals surface area contributed by atoms with Crippen molar-refractivity contribution in [2.24, 2.45) is 0 Å². The van der Waals surface area contributed by atoms with Gasteiger partial charge in [-0.3, -0.25) is 4.79 Å². The van der Waals surface area contributed by atoms with E-state index < -0.39 is 28.9 Å². The van der Waals surface area contributed by atoms with Crippen LogP contribution in [0.5, 0.6) is 5.75 Å². The van der Waals surface area contributed by atoms with Crippen molar-refractivity contribution in [3.8, 4) is 5.75 Å². The second kappa shape index (κ2) is 8.07. The third-order valence-corrected chi connectivity index (χ3v) is 4.11. The molecule has 4 nitrogen and oxygen atoms in total. The van der Waals surface area contributed by atoms with Gasteiger partial charge in [-0.2, -0.15) is 0 Å². The summed E-state index contributed by atoms with van der Waals surface area (Å²) in [6.07, 6.45) is 0.937. The molecule has 0 saturated carbocycles. The van der Waals surface area contributed by atoms with Crippen molar-refractivity contribution in [1.82, 2.24) is 10.2 Å². The van der Waals surface area contributed by atoms with Crippen molar-refractivity contribution in [2.45, 2.75) is 19.4 Å². The van der Waals surface area contributed by atoms with Gasteiger partial charge in [0, 0.05) is 18.7 Å². The lowest BCUT2D eigenvalue weighted by Gasteiger charge is -2.25. The zero-order valence-electron chi connectivity index (χ0n) is 14.5. The first-order chi connectivity index (χ1) is 11.8. The molecular weight excluding hydrogens is 326 g/mol. The highest BCUT2D eigenvalue weighted by Gasteiger charge is 2.21. The summed E-state index contributed by atoms with van der Waals surface area (Å²) in [7, 11) is 3.75. The number of aryl methyl sites for hydroxylation is 1. The second-order valence-electron chi connectivity index (χ2n) is 6.07. The lowest BCUT2D eigenvalue weighted by molar-refractivity contribution is 0.0935. The van der Waals surface area contributed by atoms with Crippen LogP contribution in [0.15, 0.2) is 36.4 Å². The van der Waals surface area contributed by atoms with Crippen LogP contribution in [0.3, 0.4) is 0 Å². The van der Waals surface area contributed by atoms with Gasteiger partial charge in [-0.1, -0.05) is 31.2 Å². The number of phenolic OH excluding ortho intramolecular Hbond substituents is 1. The second-order valence-corrected chi connectivity index (χ2v) is 6.07. The van der Waals surface area contributed by atoms with Crippen molar-refractivity contribution >= 4 is 5.91 Å². The van der Waals surface area contributed by atoms with Crippen LogP contribution in [0.25, 0.3) is 0 Å². The smallest absolute Gasteiger partial charge is 0.258 e. The fourth-order valence-electron chi connectivity index (χ4n) is 2.64. The molecule has 1 amide bonds. The largest absolute Gasteiger partial charge is 0.507 e. The molecule has 0 aliphatic rings. The van der Waals surface area contributed by atoms with Crippen LogP contribution in [-0.2, 0) is 6.42 Å². The highest BCUT2D eigenvalue weighted by atomic mass is 19.1. The first kappa shape index (κ1) is 18.9. The van der Waals surface area contributed by atoms with E-state index in [9.17, 15) is 18.7 Å². The predicted molar refractivity (Wildman–Crippen MR) is 92.6 cm³/mol. The predicted octanol–water partition coefficient (Wildman–Crippen LogP) is 3.27. The number of rotatable bonds is 6. The Morgan fingerprint density at radius 1 is 1.20 bits per heavy atom. The van der Waals surface area contributed by atoms with Gasteiger partial charge in [0.15, 0.2) is 0 Å². The van der Waals surface area contributed by atoms with Crippen molar-refractivity contribution in [3.63, 3.8) is 0 Å². The maximum Gasteiger partial charge on any atom is 0.258 e. The number of nitrogens with zero attached hydrogens (tertiary/aromatic N) is 1. The Morgan fingerprint density at radius 3 is 2.36 bits per heavy atom. The summed E-state index contributed by atoms with van der Waals surface area (Å²) in [6.45, 7) is 2.29. The third kappa shape index (κ3) is 4.54. The summed E-state index contributed by atoms with van der Waals surface area (Å²) in [5.74, 6) is -3.53. The van der Waals surface area contributed by atoms with Crippen molar-refractivity contribution in [3.05, 3.63) is 64.7 Å². The molecule has 0 aliphatic carbocycles. The van der Waals surface area contributed by atoms with E-state index >= 15 is 0 Å². The number of nitrogens with one attached hydrogen (secondary N) is 1. The van der Waals surface area contributed by atoms with Crippen LogP contribution in [0.4, 0.5) is 8.78 Å². The number of halogens is 2. The van der Waals surface area contributed by atoms with E-state index in [1.165, 1.54) is 5.56 Å². The first-order valence-electron chi connectivity index (χ1n) is 8.05. The molecule has 0 aromatic heterocycles. The molecule has 0 bridgehead atoms. The average molecular weight is 348 g/mol. The van der Waals surface area contributed by atoms with E-state index in [4.69, 9.17) is 0 Å². The van der Waals surface area contributed by atoms with Gasteiger partial charge < -0.3 is 15.3 Å². The normalized spacial score (nSPS) is 12.2. The van der Waals surface area contributed by atoms with Gasteiger partial charge in [-0.15, -0.1) is 0 Å². The average Bonchev–Trinajstić information content (AvgIpc) is 2.54. The molecule has 1 atom stereocenters. The Bertz CT molecular complexity index is 723. The van der Waals surface area contributed by atoms with Gasteiger partial charge in [-0.05, 0) is 31.6 Å². The van der Waals surface area contributed by atoms with Crippen LogP contribution >= 0.6 is 0 Å². The summed E-state index contributed by atoms with van der Waals surface area (Å²) in [6, 6.07) is 9.20. The monoisotopic (exact) mass is 348 g/mol. The summed E-state index contributed by atoms with van der Waals surface area (Å²) in [5, 5.41) is 12.2. The summed E-state index contributed by atoms with van der Waals surface area (Å²) in [5.41, 5.74) is 1.66. The molecule has 2 aromatic rings. The van der Waals surface area contributed by atoms with Gasteiger partial charge in [0.2, 0.25) is 0 Å². The van der Waals surface area contributed by atoms with E-state index in [-0.39, 0.29) is 12.6 Å². The van der Waals surface area contributed by atoms with Gasteiger partial charge in [-0.25, -0.2) is 8.78 Å². The van der Waals surface area contributed by atoms with Crippen molar-refractivity contribution < 1.29 is 18.7 Å². The molecule has 2 aromatic carbocycles. The minimum atomic E-state index is -1.09. The lowest BCUT2D eigenvalue weighted by Crippen LogP contribution is -2.35. The molecule has 2 rings (SSSR count). The fourth-order valence-corrected chi connectivity index (χ4v) is 2.64. The molecule has 0 saturated heterocycles. The molecule has 0 aliphatic heterocycles. The van der Waals surface area contributed by atoms with E-state index in [2.05, 4.69) is 12.2 Å². The molecule has 134 valence electrons. The highest BCUT2D eigenvalue weighted by molar-refractivity contribution is 5.97. The number of hydrogen-bond donors (Lipinski definition) is 2. The molecular formula is C19H22F2N2O2. The maximum atomic E-state index is 13.8. The molecule has 0 heterocycles. The van der Waals surface area contributed by atoms with E-state index in [0.29, 0.717) is 12.1 Å². The maximum absolute atomic E-state index is 13.8. The molecule has 0 radical (unpaired) electrons. The van der Waals surface area contributed by atoms with Gasteiger partial charge in [0.25, 0.3) is 5.91 Å². The van der Waals surface area contributed by atoms with Crippen molar-refractivity contribution in [2.75, 3.05) is 20.6 Å². The van der Waals surface area contributed by atoms with Gasteiger partial charge in [0.1, 0.15) is 22.9 Å². The number of hydrogen-bond acceptors (Lipinski definition) is 3. The standard InChI is InChI=1S/C19H22F2N2O2/c1-4-12-5-7-13(8-6-12)16(23(2)3)11-22-19(25)18-15(21)9-14(20)10-17(18)24/h5-10,16,24H,4,11H2,1-3H3,(H,22,25). The summed E-state index contributed by atoms with van der Waals surface area (Å²) in [4.78, 5) is 14.1. The van der Waals surface area contributed by atoms with Crippen molar-refractivity contribution in [1.29, 1.82) is 0 Å².